The van der Waals surface area contributed by atoms with Gasteiger partial charge in [-0.15, -0.1) is 0 Å². The van der Waals surface area contributed by atoms with Crippen LogP contribution in [0.3, 0.4) is 0 Å². The first-order valence-corrected chi connectivity index (χ1v) is 6.91. The third kappa shape index (κ3) is 2.27. The van der Waals surface area contributed by atoms with Crippen molar-refractivity contribution in [1.29, 1.82) is 0 Å². The van der Waals surface area contributed by atoms with E-state index in [9.17, 15) is 4.79 Å². The number of allylic oxidation sites excluding steroid dienone is 3. The number of hydrogen-bond donors (Lipinski definition) is 0. The number of hydrogen-bond acceptors (Lipinski definition) is 3. The molecule has 1 unspecified atom stereocenters. The smallest absolute Gasteiger partial charge is 0.261 e. The topological polar surface area (TPSA) is 41.8 Å². The lowest BCUT2D eigenvalue weighted by molar-refractivity contribution is -0.118. The molecule has 3 nitrogen and oxygen atoms in total. The number of fused-ring (bicyclic) bond motifs is 1. The zero-order valence-corrected chi connectivity index (χ0v) is 10.5. The van der Waals surface area contributed by atoms with Crippen LogP contribution in [0.25, 0.3) is 0 Å². The number of carbonyl (C=O) groups is 1. The quantitative estimate of drug-likeness (QED) is 0.751. The first-order valence-electron chi connectivity index (χ1n) is 5.93. The van der Waals surface area contributed by atoms with Crippen LogP contribution in [0, 0.1) is 11.8 Å². The second-order valence-electron chi connectivity index (χ2n) is 4.73. The lowest BCUT2D eigenvalue weighted by Gasteiger charge is -2.21. The number of thioether (sulfide) groups is 1. The number of rotatable bonds is 2. The molecule has 1 saturated carbocycles. The molecule has 4 heteroatoms. The molecule has 1 fully saturated rings. The summed E-state index contributed by atoms with van der Waals surface area (Å²) in [5.74, 6) is 1.57. The van der Waals surface area contributed by atoms with E-state index in [1.807, 2.05) is 25.2 Å². The van der Waals surface area contributed by atoms with Crippen LogP contribution in [0.2, 0.25) is 0 Å². The Labute approximate surface area is 105 Å². The Kier molecular flexibility index (Phi) is 2.74. The van der Waals surface area contributed by atoms with Crippen molar-refractivity contribution in [3.63, 3.8) is 0 Å². The summed E-state index contributed by atoms with van der Waals surface area (Å²) in [6, 6.07) is 0. The van der Waals surface area contributed by atoms with Crippen LogP contribution in [0.1, 0.15) is 19.8 Å². The Morgan fingerprint density at radius 1 is 1.41 bits per heavy atom. The Hall–Kier alpha value is -1.16. The van der Waals surface area contributed by atoms with Gasteiger partial charge in [-0.25, -0.2) is 4.99 Å². The van der Waals surface area contributed by atoms with E-state index in [0.29, 0.717) is 5.17 Å². The highest BCUT2D eigenvalue weighted by Crippen LogP contribution is 2.34. The fourth-order valence-electron chi connectivity index (χ4n) is 1.98. The summed E-state index contributed by atoms with van der Waals surface area (Å²) in [5, 5.41) is 0.646. The minimum Gasteiger partial charge on any atom is -0.271 e. The molecule has 1 amide bonds. The summed E-state index contributed by atoms with van der Waals surface area (Å²) in [6.45, 7) is 1.96. The van der Waals surface area contributed by atoms with Crippen molar-refractivity contribution < 1.29 is 4.79 Å². The minimum absolute atomic E-state index is 0.0635. The molecule has 0 radical (unpaired) electrons. The van der Waals surface area contributed by atoms with E-state index < -0.39 is 0 Å². The molecule has 3 rings (SSSR count). The van der Waals surface area contributed by atoms with Crippen LogP contribution >= 0.6 is 11.8 Å². The maximum atomic E-state index is 12.0. The SMILES string of the molecule is CC1=CC=CC2=NC(SCC3CC3)=NC(=O)C12. The van der Waals surface area contributed by atoms with Crippen LogP contribution in [0.4, 0.5) is 0 Å². The number of nitrogens with zero attached hydrogens (tertiary/aromatic N) is 2. The molecular weight excluding hydrogens is 232 g/mol. The third-order valence-electron chi connectivity index (χ3n) is 3.20. The summed E-state index contributed by atoms with van der Waals surface area (Å²) >= 11 is 1.62. The van der Waals surface area contributed by atoms with Gasteiger partial charge in [0.05, 0.1) is 5.71 Å². The zero-order chi connectivity index (χ0) is 11.8. The van der Waals surface area contributed by atoms with Crippen molar-refractivity contribution in [1.82, 2.24) is 0 Å². The molecule has 0 aromatic rings. The van der Waals surface area contributed by atoms with Crippen molar-refractivity contribution in [2.75, 3.05) is 5.75 Å². The molecule has 1 heterocycles. The molecular formula is C13H14N2OS. The predicted molar refractivity (Wildman–Crippen MR) is 71.4 cm³/mol. The molecule has 1 aliphatic heterocycles. The molecule has 2 aliphatic carbocycles. The number of amidine groups is 1. The lowest BCUT2D eigenvalue weighted by Crippen LogP contribution is -2.29. The van der Waals surface area contributed by atoms with Crippen molar-refractivity contribution in [3.8, 4) is 0 Å². The van der Waals surface area contributed by atoms with Gasteiger partial charge < -0.3 is 0 Å². The summed E-state index contributed by atoms with van der Waals surface area (Å²) < 4.78 is 0. The first-order chi connectivity index (χ1) is 8.24. The van der Waals surface area contributed by atoms with E-state index in [1.54, 1.807) is 11.8 Å². The van der Waals surface area contributed by atoms with E-state index in [4.69, 9.17) is 0 Å². The van der Waals surface area contributed by atoms with Crippen molar-refractivity contribution in [2.24, 2.45) is 21.8 Å². The van der Waals surface area contributed by atoms with Gasteiger partial charge in [0, 0.05) is 5.75 Å². The maximum Gasteiger partial charge on any atom is 0.261 e. The average Bonchev–Trinajstić information content (AvgIpc) is 3.10. The summed E-state index contributed by atoms with van der Waals surface area (Å²) in [7, 11) is 0. The standard InChI is InChI=1S/C13H14N2OS/c1-8-3-2-4-10-11(8)12(16)15-13(14-10)17-7-9-5-6-9/h2-4,9,11H,5-7H2,1H3. The predicted octanol–water partition coefficient (Wildman–Crippen LogP) is 2.60. The highest BCUT2D eigenvalue weighted by Gasteiger charge is 2.31. The Morgan fingerprint density at radius 3 is 3.00 bits per heavy atom. The fourth-order valence-corrected chi connectivity index (χ4v) is 3.03. The van der Waals surface area contributed by atoms with Gasteiger partial charge in [0.2, 0.25) is 0 Å². The van der Waals surface area contributed by atoms with E-state index in [1.165, 1.54) is 12.8 Å². The summed E-state index contributed by atoms with van der Waals surface area (Å²) in [4.78, 5) is 20.5. The van der Waals surface area contributed by atoms with Crippen molar-refractivity contribution >= 4 is 28.5 Å². The third-order valence-corrected chi connectivity index (χ3v) is 4.28. The van der Waals surface area contributed by atoms with Gasteiger partial charge in [0.25, 0.3) is 5.91 Å². The van der Waals surface area contributed by atoms with E-state index in [0.717, 1.165) is 23.0 Å². The lowest BCUT2D eigenvalue weighted by atomic mass is 9.89. The molecule has 1 atom stereocenters. The second kappa shape index (κ2) is 4.26. The fraction of sp³-hybridized carbons (Fsp3) is 0.462. The van der Waals surface area contributed by atoms with Crippen LogP contribution in [0.15, 0.2) is 33.8 Å². The molecule has 0 bridgehead atoms. The summed E-state index contributed by atoms with van der Waals surface area (Å²) in [5.41, 5.74) is 1.88. The monoisotopic (exact) mass is 246 g/mol. The van der Waals surface area contributed by atoms with E-state index >= 15 is 0 Å². The molecule has 0 spiro atoms. The van der Waals surface area contributed by atoms with Gasteiger partial charge in [-0.1, -0.05) is 29.5 Å². The van der Waals surface area contributed by atoms with Crippen LogP contribution in [0.5, 0.6) is 0 Å². The van der Waals surface area contributed by atoms with Crippen LogP contribution in [-0.4, -0.2) is 22.5 Å². The molecule has 88 valence electrons. The van der Waals surface area contributed by atoms with E-state index in [-0.39, 0.29) is 11.8 Å². The Morgan fingerprint density at radius 2 is 2.24 bits per heavy atom. The maximum absolute atomic E-state index is 12.0. The zero-order valence-electron chi connectivity index (χ0n) is 9.72. The van der Waals surface area contributed by atoms with Crippen LogP contribution < -0.4 is 0 Å². The minimum atomic E-state index is -0.231. The molecule has 0 aromatic heterocycles. The first kappa shape index (κ1) is 11.0. The van der Waals surface area contributed by atoms with Gasteiger partial charge in [0.15, 0.2) is 5.17 Å². The van der Waals surface area contributed by atoms with E-state index in [2.05, 4.69) is 9.98 Å². The second-order valence-corrected chi connectivity index (χ2v) is 5.71. The molecule has 0 N–H and O–H groups in total. The molecule has 3 aliphatic rings. The number of aliphatic imine (C=N–C) groups is 2. The Bertz CT molecular complexity index is 484. The summed E-state index contributed by atoms with van der Waals surface area (Å²) in [6.07, 6.45) is 8.46. The average molecular weight is 246 g/mol. The van der Waals surface area contributed by atoms with Gasteiger partial charge in [-0.3, -0.25) is 4.79 Å². The molecule has 0 saturated heterocycles. The van der Waals surface area contributed by atoms with Gasteiger partial charge in [0.1, 0.15) is 5.92 Å². The van der Waals surface area contributed by atoms with Crippen LogP contribution in [-0.2, 0) is 4.79 Å². The van der Waals surface area contributed by atoms with Gasteiger partial charge in [-0.05, 0) is 31.8 Å². The Balaban J connectivity index is 1.78. The van der Waals surface area contributed by atoms with Crippen molar-refractivity contribution in [3.05, 3.63) is 23.8 Å². The largest absolute Gasteiger partial charge is 0.271 e. The molecule has 17 heavy (non-hydrogen) atoms. The van der Waals surface area contributed by atoms with Gasteiger partial charge >= 0.3 is 0 Å². The highest BCUT2D eigenvalue weighted by molar-refractivity contribution is 8.13. The van der Waals surface area contributed by atoms with Gasteiger partial charge in [-0.2, -0.15) is 4.99 Å². The normalized spacial score (nSPS) is 27.2. The van der Waals surface area contributed by atoms with Crippen molar-refractivity contribution in [2.45, 2.75) is 19.8 Å². The number of carbonyl (C=O) groups excluding carboxylic acids is 1. The molecule has 0 aromatic carbocycles. The number of amides is 1. The highest BCUT2D eigenvalue weighted by atomic mass is 32.2.